The van der Waals surface area contributed by atoms with E-state index < -0.39 is 0 Å². The summed E-state index contributed by atoms with van der Waals surface area (Å²) in [6.07, 6.45) is 4.51. The molecule has 1 saturated heterocycles. The summed E-state index contributed by atoms with van der Waals surface area (Å²) < 4.78 is 0. The average Bonchev–Trinajstić information content (AvgIpc) is 2.39. The lowest BCUT2D eigenvalue weighted by atomic mass is 9.98. The van der Waals surface area contributed by atoms with Gasteiger partial charge in [-0.15, -0.1) is 0 Å². The minimum Gasteiger partial charge on any atom is -0.316 e. The average molecular weight is 262 g/mol. The highest BCUT2D eigenvalue weighted by Crippen LogP contribution is 2.15. The molecule has 0 bridgehead atoms. The van der Waals surface area contributed by atoms with Crippen LogP contribution in [0.5, 0.6) is 0 Å². The Bertz CT molecular complexity index is 385. The lowest BCUT2D eigenvalue weighted by Crippen LogP contribution is -2.41. The molecule has 1 aliphatic rings. The molecule has 4 heteroatoms. The van der Waals surface area contributed by atoms with E-state index in [1.807, 2.05) is 19.2 Å². The molecule has 0 saturated carbocycles. The number of nitrogens with one attached hydrogen (secondary N) is 1. The Labute approximate surface area is 116 Å². The van der Waals surface area contributed by atoms with Gasteiger partial charge in [0.25, 0.3) is 0 Å². The zero-order valence-corrected chi connectivity index (χ0v) is 12.4. The van der Waals surface area contributed by atoms with E-state index in [0.29, 0.717) is 6.04 Å². The van der Waals surface area contributed by atoms with Crippen LogP contribution >= 0.6 is 0 Å². The number of rotatable bonds is 5. The van der Waals surface area contributed by atoms with Crippen LogP contribution in [0.25, 0.3) is 0 Å². The SMILES string of the molecule is Cc1nccc(CN(CC2CCCNC2)C(C)C)n1. The van der Waals surface area contributed by atoms with Crippen molar-refractivity contribution in [3.63, 3.8) is 0 Å². The van der Waals surface area contributed by atoms with Crippen molar-refractivity contribution in [2.75, 3.05) is 19.6 Å². The Morgan fingerprint density at radius 3 is 2.95 bits per heavy atom. The Kier molecular flexibility index (Phi) is 5.28. The molecule has 0 amide bonds. The first-order valence-electron chi connectivity index (χ1n) is 7.38. The normalized spacial score (nSPS) is 20.2. The molecule has 0 aliphatic carbocycles. The largest absolute Gasteiger partial charge is 0.316 e. The van der Waals surface area contributed by atoms with Crippen molar-refractivity contribution in [2.45, 2.75) is 46.2 Å². The van der Waals surface area contributed by atoms with Gasteiger partial charge in [0, 0.05) is 25.3 Å². The minimum absolute atomic E-state index is 0.553. The van der Waals surface area contributed by atoms with Crippen molar-refractivity contribution >= 4 is 0 Å². The summed E-state index contributed by atoms with van der Waals surface area (Å²) in [6.45, 7) is 10.9. The van der Waals surface area contributed by atoms with E-state index in [-0.39, 0.29) is 0 Å². The van der Waals surface area contributed by atoms with Crippen molar-refractivity contribution in [1.82, 2.24) is 20.2 Å². The molecular weight excluding hydrogens is 236 g/mol. The van der Waals surface area contributed by atoms with Crippen LogP contribution in [0.15, 0.2) is 12.3 Å². The predicted octanol–water partition coefficient (Wildman–Crippen LogP) is 2.00. The number of piperidine rings is 1. The van der Waals surface area contributed by atoms with E-state index in [1.165, 1.54) is 19.4 Å². The zero-order chi connectivity index (χ0) is 13.7. The van der Waals surface area contributed by atoms with Gasteiger partial charge in [0.15, 0.2) is 0 Å². The molecule has 1 aromatic heterocycles. The van der Waals surface area contributed by atoms with Crippen molar-refractivity contribution in [1.29, 1.82) is 0 Å². The molecule has 4 nitrogen and oxygen atoms in total. The summed E-state index contributed by atoms with van der Waals surface area (Å²) in [4.78, 5) is 11.2. The molecule has 0 radical (unpaired) electrons. The molecule has 106 valence electrons. The summed E-state index contributed by atoms with van der Waals surface area (Å²) in [6, 6.07) is 2.58. The summed E-state index contributed by atoms with van der Waals surface area (Å²) in [5, 5.41) is 3.50. The van der Waals surface area contributed by atoms with Crippen LogP contribution < -0.4 is 5.32 Å². The third-order valence-electron chi connectivity index (χ3n) is 3.82. The molecule has 1 atom stereocenters. The van der Waals surface area contributed by atoms with Gasteiger partial charge in [-0.05, 0) is 58.7 Å². The number of aromatic nitrogens is 2. The first-order valence-corrected chi connectivity index (χ1v) is 7.38. The number of nitrogens with zero attached hydrogens (tertiary/aromatic N) is 3. The summed E-state index contributed by atoms with van der Waals surface area (Å²) in [5.74, 6) is 1.64. The highest BCUT2D eigenvalue weighted by atomic mass is 15.2. The van der Waals surface area contributed by atoms with Gasteiger partial charge in [-0.2, -0.15) is 0 Å². The molecule has 2 rings (SSSR count). The summed E-state index contributed by atoms with van der Waals surface area (Å²) in [7, 11) is 0. The molecule has 1 fully saturated rings. The highest BCUT2D eigenvalue weighted by molar-refractivity contribution is 5.01. The van der Waals surface area contributed by atoms with Crippen LogP contribution in [0.4, 0.5) is 0 Å². The highest BCUT2D eigenvalue weighted by Gasteiger charge is 2.19. The van der Waals surface area contributed by atoms with Crippen LogP contribution in [0.3, 0.4) is 0 Å². The molecular formula is C15H26N4. The lowest BCUT2D eigenvalue weighted by Gasteiger charge is -2.32. The molecule has 1 N–H and O–H groups in total. The quantitative estimate of drug-likeness (QED) is 0.881. The molecule has 1 aromatic rings. The first kappa shape index (κ1) is 14.4. The van der Waals surface area contributed by atoms with Gasteiger partial charge in [0.2, 0.25) is 0 Å². The summed E-state index contributed by atoms with van der Waals surface area (Å²) in [5.41, 5.74) is 1.13. The maximum Gasteiger partial charge on any atom is 0.125 e. The monoisotopic (exact) mass is 262 g/mol. The Balaban J connectivity index is 1.95. The molecule has 0 spiro atoms. The second kappa shape index (κ2) is 6.96. The van der Waals surface area contributed by atoms with Gasteiger partial charge in [0.1, 0.15) is 5.82 Å². The fraction of sp³-hybridized carbons (Fsp3) is 0.733. The lowest BCUT2D eigenvalue weighted by molar-refractivity contribution is 0.162. The molecule has 0 aromatic carbocycles. The van der Waals surface area contributed by atoms with Crippen molar-refractivity contribution < 1.29 is 0 Å². The van der Waals surface area contributed by atoms with Gasteiger partial charge >= 0.3 is 0 Å². The van der Waals surface area contributed by atoms with E-state index in [0.717, 1.165) is 37.1 Å². The first-order chi connectivity index (χ1) is 9.15. The third-order valence-corrected chi connectivity index (χ3v) is 3.82. The van der Waals surface area contributed by atoms with Crippen LogP contribution in [0, 0.1) is 12.8 Å². The van der Waals surface area contributed by atoms with E-state index in [2.05, 4.69) is 34.0 Å². The summed E-state index contributed by atoms with van der Waals surface area (Å²) >= 11 is 0. The van der Waals surface area contributed by atoms with Crippen molar-refractivity contribution in [3.05, 3.63) is 23.8 Å². The van der Waals surface area contributed by atoms with Crippen molar-refractivity contribution in [2.24, 2.45) is 5.92 Å². The van der Waals surface area contributed by atoms with Gasteiger partial charge in [-0.3, -0.25) is 4.90 Å². The van der Waals surface area contributed by atoms with Gasteiger partial charge in [-0.1, -0.05) is 0 Å². The Morgan fingerprint density at radius 2 is 2.32 bits per heavy atom. The molecule has 1 aliphatic heterocycles. The van der Waals surface area contributed by atoms with Gasteiger partial charge in [0.05, 0.1) is 5.69 Å². The van der Waals surface area contributed by atoms with Crippen LogP contribution in [-0.4, -0.2) is 40.5 Å². The van der Waals surface area contributed by atoms with Crippen LogP contribution in [-0.2, 0) is 6.54 Å². The number of aryl methyl sites for hydroxylation is 1. The van der Waals surface area contributed by atoms with Gasteiger partial charge in [-0.25, -0.2) is 9.97 Å². The number of hydrogen-bond acceptors (Lipinski definition) is 4. The number of hydrogen-bond donors (Lipinski definition) is 1. The van der Waals surface area contributed by atoms with Crippen LogP contribution in [0.1, 0.15) is 38.2 Å². The van der Waals surface area contributed by atoms with E-state index in [9.17, 15) is 0 Å². The standard InChI is InChI=1S/C15H26N4/c1-12(2)19(10-14-5-4-7-16-9-14)11-15-6-8-17-13(3)18-15/h6,8,12,14,16H,4-5,7,9-11H2,1-3H3. The molecule has 19 heavy (non-hydrogen) atoms. The second-order valence-electron chi connectivity index (χ2n) is 5.83. The fourth-order valence-electron chi connectivity index (χ4n) is 2.67. The molecule has 1 unspecified atom stereocenters. The van der Waals surface area contributed by atoms with Crippen LogP contribution in [0.2, 0.25) is 0 Å². The van der Waals surface area contributed by atoms with Gasteiger partial charge < -0.3 is 5.32 Å². The fourth-order valence-corrected chi connectivity index (χ4v) is 2.67. The smallest absolute Gasteiger partial charge is 0.125 e. The second-order valence-corrected chi connectivity index (χ2v) is 5.83. The maximum absolute atomic E-state index is 4.52. The van der Waals surface area contributed by atoms with E-state index in [1.54, 1.807) is 0 Å². The predicted molar refractivity (Wildman–Crippen MR) is 77.9 cm³/mol. The Morgan fingerprint density at radius 1 is 1.47 bits per heavy atom. The zero-order valence-electron chi connectivity index (χ0n) is 12.4. The Hall–Kier alpha value is -1.00. The third kappa shape index (κ3) is 4.55. The topological polar surface area (TPSA) is 41.1 Å². The maximum atomic E-state index is 4.52. The minimum atomic E-state index is 0.553. The van der Waals surface area contributed by atoms with E-state index in [4.69, 9.17) is 0 Å². The van der Waals surface area contributed by atoms with E-state index >= 15 is 0 Å². The van der Waals surface area contributed by atoms with Crippen molar-refractivity contribution in [3.8, 4) is 0 Å². The molecule has 2 heterocycles.